The number of rotatable bonds is 6. The molecule has 1 heterocycles. The van der Waals surface area contributed by atoms with Gasteiger partial charge in [0.2, 0.25) is 0 Å². The van der Waals surface area contributed by atoms with E-state index in [4.69, 9.17) is 9.72 Å². The molecule has 166 valence electrons. The molecule has 0 saturated carbocycles. The number of fused-ring (bicyclic) bond motifs is 1. The number of para-hydroxylation sites is 4. The molecule has 0 aliphatic carbocycles. The second-order valence-corrected chi connectivity index (χ2v) is 7.99. The highest BCUT2D eigenvalue weighted by molar-refractivity contribution is 6.13. The number of pyridine rings is 1. The van der Waals surface area contributed by atoms with Gasteiger partial charge in [-0.15, -0.1) is 0 Å². The maximum Gasteiger partial charge on any atom is 0.256 e. The molecular formula is C30H24N2O2. The van der Waals surface area contributed by atoms with Crippen LogP contribution in [-0.4, -0.2) is 10.9 Å². The van der Waals surface area contributed by atoms with E-state index < -0.39 is 0 Å². The molecule has 5 rings (SSSR count). The van der Waals surface area contributed by atoms with E-state index in [2.05, 4.69) is 36.5 Å². The first kappa shape index (κ1) is 21.4. The van der Waals surface area contributed by atoms with Gasteiger partial charge in [-0.05, 0) is 48.4 Å². The molecule has 1 aromatic heterocycles. The lowest BCUT2D eigenvalue weighted by molar-refractivity contribution is 0.102. The first-order chi connectivity index (χ1) is 16.7. The average Bonchev–Trinajstić information content (AvgIpc) is 2.90. The van der Waals surface area contributed by atoms with Crippen molar-refractivity contribution in [3.63, 3.8) is 0 Å². The van der Waals surface area contributed by atoms with Crippen LogP contribution in [0.3, 0.4) is 0 Å². The van der Waals surface area contributed by atoms with Crippen molar-refractivity contribution in [3.05, 3.63) is 120 Å². The summed E-state index contributed by atoms with van der Waals surface area (Å²) in [6.45, 7) is 2.13. The lowest BCUT2D eigenvalue weighted by Crippen LogP contribution is -2.13. The Hall–Kier alpha value is -4.44. The summed E-state index contributed by atoms with van der Waals surface area (Å²) in [6.07, 6.45) is 0.976. The Morgan fingerprint density at radius 2 is 1.53 bits per heavy atom. The van der Waals surface area contributed by atoms with E-state index in [-0.39, 0.29) is 5.91 Å². The zero-order valence-corrected chi connectivity index (χ0v) is 18.9. The number of anilines is 1. The van der Waals surface area contributed by atoms with Crippen LogP contribution >= 0.6 is 0 Å². The number of carbonyl (C=O) groups is 1. The van der Waals surface area contributed by atoms with Crippen LogP contribution in [0.5, 0.6) is 11.5 Å². The summed E-state index contributed by atoms with van der Waals surface area (Å²) >= 11 is 0. The van der Waals surface area contributed by atoms with Gasteiger partial charge >= 0.3 is 0 Å². The van der Waals surface area contributed by atoms with Gasteiger partial charge in [0.1, 0.15) is 5.75 Å². The topological polar surface area (TPSA) is 51.2 Å². The molecule has 34 heavy (non-hydrogen) atoms. The Morgan fingerprint density at radius 3 is 2.32 bits per heavy atom. The number of carbonyl (C=O) groups excluding carboxylic acids is 1. The van der Waals surface area contributed by atoms with E-state index in [1.54, 1.807) is 0 Å². The molecule has 0 spiro atoms. The van der Waals surface area contributed by atoms with Gasteiger partial charge in [-0.25, -0.2) is 4.98 Å². The third kappa shape index (κ3) is 4.52. The van der Waals surface area contributed by atoms with Gasteiger partial charge in [-0.2, -0.15) is 0 Å². The molecule has 0 radical (unpaired) electrons. The molecule has 0 unspecified atom stereocenters. The average molecular weight is 445 g/mol. The monoisotopic (exact) mass is 444 g/mol. The summed E-state index contributed by atoms with van der Waals surface area (Å²) in [4.78, 5) is 18.3. The zero-order chi connectivity index (χ0) is 23.3. The standard InChI is InChI=1S/C30H24N2O2/c1-2-21-16-18-22(19-17-21)28-20-25(24-12-6-7-13-26(24)31-28)30(33)32-27-14-8-9-15-29(27)34-23-10-4-3-5-11-23/h3-20H,2H2,1H3,(H,32,33). The minimum Gasteiger partial charge on any atom is -0.455 e. The largest absolute Gasteiger partial charge is 0.455 e. The van der Waals surface area contributed by atoms with Crippen molar-refractivity contribution in [2.75, 3.05) is 5.32 Å². The fourth-order valence-electron chi connectivity index (χ4n) is 3.89. The highest BCUT2D eigenvalue weighted by Crippen LogP contribution is 2.31. The van der Waals surface area contributed by atoms with Gasteiger partial charge in [0.25, 0.3) is 5.91 Å². The Kier molecular flexibility index (Phi) is 6.04. The van der Waals surface area contributed by atoms with E-state index in [0.29, 0.717) is 22.7 Å². The molecule has 0 atom stereocenters. The van der Waals surface area contributed by atoms with Crippen molar-refractivity contribution in [3.8, 4) is 22.8 Å². The SMILES string of the molecule is CCc1ccc(-c2cc(C(=O)Nc3ccccc3Oc3ccccc3)c3ccccc3n2)cc1. The molecule has 0 saturated heterocycles. The van der Waals surface area contributed by atoms with Crippen LogP contribution in [0.25, 0.3) is 22.2 Å². The number of aryl methyl sites for hydroxylation is 1. The van der Waals surface area contributed by atoms with Crippen molar-refractivity contribution in [1.82, 2.24) is 4.98 Å². The van der Waals surface area contributed by atoms with Crippen molar-refractivity contribution in [1.29, 1.82) is 0 Å². The van der Waals surface area contributed by atoms with E-state index in [1.165, 1.54) is 5.56 Å². The number of nitrogens with zero attached hydrogens (tertiary/aromatic N) is 1. The van der Waals surface area contributed by atoms with Crippen LogP contribution < -0.4 is 10.1 Å². The quantitative estimate of drug-likeness (QED) is 0.295. The summed E-state index contributed by atoms with van der Waals surface area (Å²) in [7, 11) is 0. The molecule has 4 heteroatoms. The number of hydrogen-bond donors (Lipinski definition) is 1. The second-order valence-electron chi connectivity index (χ2n) is 7.99. The fourth-order valence-corrected chi connectivity index (χ4v) is 3.89. The number of benzene rings is 4. The maximum atomic E-state index is 13.5. The van der Waals surface area contributed by atoms with E-state index in [9.17, 15) is 4.79 Å². The summed E-state index contributed by atoms with van der Waals surface area (Å²) in [5.41, 5.74) is 4.95. The van der Waals surface area contributed by atoms with E-state index >= 15 is 0 Å². The number of ether oxygens (including phenoxy) is 1. The third-order valence-electron chi connectivity index (χ3n) is 5.73. The van der Waals surface area contributed by atoms with Crippen LogP contribution in [0.2, 0.25) is 0 Å². The van der Waals surface area contributed by atoms with Crippen molar-refractivity contribution >= 4 is 22.5 Å². The summed E-state index contributed by atoms with van der Waals surface area (Å²) in [5.74, 6) is 1.07. The number of aromatic nitrogens is 1. The Labute approximate surface area is 198 Å². The highest BCUT2D eigenvalue weighted by atomic mass is 16.5. The van der Waals surface area contributed by atoms with Gasteiger partial charge in [0, 0.05) is 10.9 Å². The Bertz CT molecular complexity index is 1440. The minimum atomic E-state index is -0.214. The lowest BCUT2D eigenvalue weighted by atomic mass is 10.0. The Balaban J connectivity index is 1.51. The van der Waals surface area contributed by atoms with Gasteiger partial charge in [0.15, 0.2) is 5.75 Å². The van der Waals surface area contributed by atoms with Crippen LogP contribution in [0.1, 0.15) is 22.8 Å². The minimum absolute atomic E-state index is 0.214. The normalized spacial score (nSPS) is 10.7. The molecule has 4 aromatic carbocycles. The molecule has 1 amide bonds. The van der Waals surface area contributed by atoms with Crippen molar-refractivity contribution < 1.29 is 9.53 Å². The van der Waals surface area contributed by atoms with Gasteiger partial charge in [-0.3, -0.25) is 4.79 Å². The number of amides is 1. The predicted octanol–water partition coefficient (Wildman–Crippen LogP) is 7.51. The molecule has 0 aliphatic heterocycles. The third-order valence-corrected chi connectivity index (χ3v) is 5.73. The number of hydrogen-bond acceptors (Lipinski definition) is 3. The van der Waals surface area contributed by atoms with Crippen LogP contribution in [-0.2, 0) is 6.42 Å². The molecule has 4 nitrogen and oxygen atoms in total. The van der Waals surface area contributed by atoms with E-state index in [1.807, 2.05) is 84.9 Å². The molecular weight excluding hydrogens is 420 g/mol. The Morgan fingerprint density at radius 1 is 0.824 bits per heavy atom. The molecule has 1 N–H and O–H groups in total. The van der Waals surface area contributed by atoms with Crippen molar-refractivity contribution in [2.45, 2.75) is 13.3 Å². The first-order valence-electron chi connectivity index (χ1n) is 11.3. The lowest BCUT2D eigenvalue weighted by Gasteiger charge is -2.14. The molecule has 0 fully saturated rings. The van der Waals surface area contributed by atoms with Gasteiger partial charge in [-0.1, -0.05) is 79.7 Å². The summed E-state index contributed by atoms with van der Waals surface area (Å²) in [6, 6.07) is 34.8. The highest BCUT2D eigenvalue weighted by Gasteiger charge is 2.16. The predicted molar refractivity (Wildman–Crippen MR) is 137 cm³/mol. The van der Waals surface area contributed by atoms with Gasteiger partial charge in [0.05, 0.1) is 22.5 Å². The van der Waals surface area contributed by atoms with Gasteiger partial charge < -0.3 is 10.1 Å². The van der Waals surface area contributed by atoms with Crippen LogP contribution in [0, 0.1) is 0 Å². The van der Waals surface area contributed by atoms with E-state index in [0.717, 1.165) is 28.6 Å². The summed E-state index contributed by atoms with van der Waals surface area (Å²) < 4.78 is 6.02. The fraction of sp³-hybridized carbons (Fsp3) is 0.0667. The van der Waals surface area contributed by atoms with Crippen LogP contribution in [0.15, 0.2) is 109 Å². The van der Waals surface area contributed by atoms with Crippen molar-refractivity contribution in [2.24, 2.45) is 0 Å². The molecule has 0 bridgehead atoms. The second kappa shape index (κ2) is 9.59. The molecule has 0 aliphatic rings. The first-order valence-corrected chi connectivity index (χ1v) is 11.3. The smallest absolute Gasteiger partial charge is 0.256 e. The molecule has 5 aromatic rings. The maximum absolute atomic E-state index is 13.5. The number of nitrogens with one attached hydrogen (secondary N) is 1. The summed E-state index contributed by atoms with van der Waals surface area (Å²) in [5, 5.41) is 3.85. The van der Waals surface area contributed by atoms with Crippen LogP contribution in [0.4, 0.5) is 5.69 Å². The zero-order valence-electron chi connectivity index (χ0n) is 18.9.